The van der Waals surface area contributed by atoms with Crippen molar-refractivity contribution >= 4 is 5.91 Å². The van der Waals surface area contributed by atoms with E-state index in [-0.39, 0.29) is 11.7 Å². The van der Waals surface area contributed by atoms with E-state index in [1.54, 1.807) is 24.3 Å². The molecule has 0 heterocycles. The molecule has 1 rings (SSSR count). The third-order valence-corrected chi connectivity index (χ3v) is 2.52. The molecule has 0 spiro atoms. The average molecular weight is 248 g/mol. The van der Waals surface area contributed by atoms with Crippen LogP contribution in [0.15, 0.2) is 35.9 Å². The van der Waals surface area contributed by atoms with Gasteiger partial charge in [0.05, 0.1) is 6.04 Å². The third-order valence-electron chi connectivity index (χ3n) is 2.52. The highest BCUT2D eigenvalue weighted by molar-refractivity contribution is 5.81. The Morgan fingerprint density at radius 3 is 2.56 bits per heavy atom. The van der Waals surface area contributed by atoms with Crippen LogP contribution in [-0.4, -0.2) is 23.6 Å². The molecule has 4 N–H and O–H groups in total. The monoisotopic (exact) mass is 248 g/mol. The van der Waals surface area contributed by atoms with Gasteiger partial charge in [-0.3, -0.25) is 4.79 Å². The van der Waals surface area contributed by atoms with Crippen LogP contribution in [0.2, 0.25) is 0 Å². The second kappa shape index (κ2) is 6.81. The van der Waals surface area contributed by atoms with E-state index in [2.05, 4.69) is 5.32 Å². The van der Waals surface area contributed by atoms with E-state index in [4.69, 9.17) is 10.8 Å². The lowest BCUT2D eigenvalue weighted by Gasteiger charge is -2.11. The first-order valence-electron chi connectivity index (χ1n) is 5.93. The molecule has 4 nitrogen and oxygen atoms in total. The minimum absolute atomic E-state index is 0.166. The van der Waals surface area contributed by atoms with Gasteiger partial charge in [0.2, 0.25) is 5.91 Å². The van der Waals surface area contributed by atoms with E-state index in [0.717, 1.165) is 11.1 Å². The largest absolute Gasteiger partial charge is 0.508 e. The van der Waals surface area contributed by atoms with Crippen molar-refractivity contribution in [3.8, 4) is 5.75 Å². The normalized spacial score (nSPS) is 11.7. The highest BCUT2D eigenvalue weighted by Gasteiger charge is 2.12. The van der Waals surface area contributed by atoms with Crippen molar-refractivity contribution in [3.05, 3.63) is 41.5 Å². The third kappa shape index (κ3) is 5.01. The number of carbonyl (C=O) groups is 1. The van der Waals surface area contributed by atoms with Gasteiger partial charge in [0, 0.05) is 6.54 Å². The minimum Gasteiger partial charge on any atom is -0.508 e. The van der Waals surface area contributed by atoms with Crippen LogP contribution in [0.1, 0.15) is 19.4 Å². The summed E-state index contributed by atoms with van der Waals surface area (Å²) in [5.74, 6) is 0.0425. The van der Waals surface area contributed by atoms with Crippen molar-refractivity contribution in [3.63, 3.8) is 0 Å². The van der Waals surface area contributed by atoms with E-state index in [1.807, 2.05) is 19.9 Å². The number of hydrogen-bond acceptors (Lipinski definition) is 3. The Morgan fingerprint density at radius 1 is 1.39 bits per heavy atom. The van der Waals surface area contributed by atoms with Crippen molar-refractivity contribution in [1.82, 2.24) is 5.32 Å². The van der Waals surface area contributed by atoms with E-state index in [9.17, 15) is 4.79 Å². The highest BCUT2D eigenvalue weighted by atomic mass is 16.3. The Bertz CT molecular complexity index is 420. The van der Waals surface area contributed by atoms with Gasteiger partial charge < -0.3 is 16.2 Å². The number of allylic oxidation sites excluding steroid dienone is 1. The quantitative estimate of drug-likeness (QED) is 0.688. The van der Waals surface area contributed by atoms with Crippen molar-refractivity contribution in [2.24, 2.45) is 5.73 Å². The molecule has 0 aliphatic rings. The van der Waals surface area contributed by atoms with E-state index in [0.29, 0.717) is 13.0 Å². The number of rotatable bonds is 5. The van der Waals surface area contributed by atoms with Gasteiger partial charge in [-0.25, -0.2) is 0 Å². The maximum Gasteiger partial charge on any atom is 0.237 e. The van der Waals surface area contributed by atoms with Gasteiger partial charge in [0.25, 0.3) is 0 Å². The number of phenols is 1. The molecule has 1 atom stereocenters. The Labute approximate surface area is 108 Å². The number of hydrogen-bond donors (Lipinski definition) is 3. The van der Waals surface area contributed by atoms with Gasteiger partial charge >= 0.3 is 0 Å². The zero-order valence-electron chi connectivity index (χ0n) is 10.8. The van der Waals surface area contributed by atoms with Crippen molar-refractivity contribution in [2.45, 2.75) is 26.3 Å². The second-order valence-electron chi connectivity index (χ2n) is 4.50. The van der Waals surface area contributed by atoms with Crippen LogP contribution < -0.4 is 11.1 Å². The molecule has 1 aromatic carbocycles. The summed E-state index contributed by atoms with van der Waals surface area (Å²) in [5, 5.41) is 11.9. The van der Waals surface area contributed by atoms with Gasteiger partial charge in [0.15, 0.2) is 0 Å². The number of aromatic hydroxyl groups is 1. The van der Waals surface area contributed by atoms with Crippen LogP contribution >= 0.6 is 0 Å². The first kappa shape index (κ1) is 14.3. The van der Waals surface area contributed by atoms with Crippen molar-refractivity contribution in [1.29, 1.82) is 0 Å². The molecule has 98 valence electrons. The molecule has 1 aromatic rings. The topological polar surface area (TPSA) is 75.4 Å². The maximum atomic E-state index is 11.7. The summed E-state index contributed by atoms with van der Waals surface area (Å²) in [4.78, 5) is 11.7. The Hall–Kier alpha value is -1.81. The number of nitrogens with two attached hydrogens (primary N) is 1. The number of phenolic OH excluding ortho intramolecular Hbond substituents is 1. The molecule has 4 heteroatoms. The van der Waals surface area contributed by atoms with Crippen molar-refractivity contribution in [2.75, 3.05) is 6.54 Å². The molecule has 1 amide bonds. The average Bonchev–Trinajstić information content (AvgIpc) is 2.31. The summed E-state index contributed by atoms with van der Waals surface area (Å²) in [6.07, 6.45) is 2.39. The van der Waals surface area contributed by atoms with E-state index >= 15 is 0 Å². The fraction of sp³-hybridized carbons (Fsp3) is 0.357. The smallest absolute Gasteiger partial charge is 0.237 e. The zero-order chi connectivity index (χ0) is 13.5. The van der Waals surface area contributed by atoms with Crippen LogP contribution in [0.4, 0.5) is 0 Å². The number of carbonyl (C=O) groups excluding carboxylic acids is 1. The molecular formula is C14H20N2O2. The summed E-state index contributed by atoms with van der Waals surface area (Å²) < 4.78 is 0. The summed E-state index contributed by atoms with van der Waals surface area (Å²) >= 11 is 0. The van der Waals surface area contributed by atoms with Gasteiger partial charge in [-0.05, 0) is 38.0 Å². The first-order valence-corrected chi connectivity index (χ1v) is 5.93. The molecule has 0 saturated carbocycles. The lowest BCUT2D eigenvalue weighted by Crippen LogP contribution is -2.42. The van der Waals surface area contributed by atoms with Crippen LogP contribution in [-0.2, 0) is 11.2 Å². The number of benzene rings is 1. The summed E-state index contributed by atoms with van der Waals surface area (Å²) in [6, 6.07) is 6.13. The Morgan fingerprint density at radius 2 is 2.00 bits per heavy atom. The zero-order valence-corrected chi connectivity index (χ0v) is 10.8. The lowest BCUT2D eigenvalue weighted by molar-refractivity contribution is -0.122. The highest BCUT2D eigenvalue weighted by Crippen LogP contribution is 2.10. The molecule has 18 heavy (non-hydrogen) atoms. The molecule has 0 aliphatic heterocycles. The predicted octanol–water partition coefficient (Wildman–Crippen LogP) is 1.34. The maximum absolute atomic E-state index is 11.7. The van der Waals surface area contributed by atoms with Gasteiger partial charge in [0.1, 0.15) is 5.75 Å². The molecule has 0 bridgehead atoms. The van der Waals surface area contributed by atoms with Gasteiger partial charge in [-0.2, -0.15) is 0 Å². The first-order chi connectivity index (χ1) is 8.49. The Balaban J connectivity index is 2.44. The molecular weight excluding hydrogens is 228 g/mol. The van der Waals surface area contributed by atoms with Crippen LogP contribution in [0.5, 0.6) is 5.75 Å². The number of nitrogens with one attached hydrogen (secondary N) is 1. The second-order valence-corrected chi connectivity index (χ2v) is 4.50. The SMILES string of the molecule is CC(C)=CCNC(=O)C(N)Cc1ccc(O)cc1. The molecule has 0 aromatic heterocycles. The lowest BCUT2D eigenvalue weighted by atomic mass is 10.1. The van der Waals surface area contributed by atoms with Crippen LogP contribution in [0.3, 0.4) is 0 Å². The van der Waals surface area contributed by atoms with Crippen molar-refractivity contribution < 1.29 is 9.90 Å². The number of amides is 1. The Kier molecular flexibility index (Phi) is 5.39. The minimum atomic E-state index is -0.569. The molecule has 1 unspecified atom stereocenters. The molecule has 0 aliphatic carbocycles. The predicted molar refractivity (Wildman–Crippen MR) is 72.2 cm³/mol. The summed E-state index contributed by atoms with van der Waals surface area (Å²) in [5.41, 5.74) is 7.89. The summed E-state index contributed by atoms with van der Waals surface area (Å²) in [6.45, 7) is 4.45. The summed E-state index contributed by atoms with van der Waals surface area (Å²) in [7, 11) is 0. The van der Waals surface area contributed by atoms with E-state index in [1.165, 1.54) is 0 Å². The molecule has 0 radical (unpaired) electrons. The van der Waals surface area contributed by atoms with E-state index < -0.39 is 6.04 Å². The fourth-order valence-corrected chi connectivity index (χ4v) is 1.47. The van der Waals surface area contributed by atoms with Gasteiger partial charge in [-0.15, -0.1) is 0 Å². The van der Waals surface area contributed by atoms with Crippen LogP contribution in [0.25, 0.3) is 0 Å². The van der Waals surface area contributed by atoms with Crippen LogP contribution in [0, 0.1) is 0 Å². The molecule has 0 saturated heterocycles. The molecule has 0 fully saturated rings. The van der Waals surface area contributed by atoms with Gasteiger partial charge in [-0.1, -0.05) is 23.8 Å². The standard InChI is InChI=1S/C14H20N2O2/c1-10(2)7-8-16-14(18)13(15)9-11-3-5-12(17)6-4-11/h3-7,13,17H,8-9,15H2,1-2H3,(H,16,18). The fourth-order valence-electron chi connectivity index (χ4n) is 1.47.